The standard InChI is InChI=1S/C25H26N6O/c1-26-23-15-17(3-9-21(23)27-18-4-7-20(32)8-5-18)25-28-22-10-6-19(16-24(22)29-25)31-13-11-30(2)12-14-31/h3-10,15-16,27,32H,1,11-14H2,2H3,(H,28,29). The molecule has 7 heteroatoms. The summed E-state index contributed by atoms with van der Waals surface area (Å²) in [5.74, 6) is 1.03. The molecule has 1 saturated heterocycles. The van der Waals surface area contributed by atoms with Crippen LogP contribution >= 0.6 is 0 Å². The Balaban J connectivity index is 1.41. The number of hydrogen-bond acceptors (Lipinski definition) is 6. The second-order valence-electron chi connectivity index (χ2n) is 8.14. The molecule has 0 bridgehead atoms. The zero-order valence-electron chi connectivity index (χ0n) is 18.0. The monoisotopic (exact) mass is 426 g/mol. The van der Waals surface area contributed by atoms with Crippen LogP contribution in [0.5, 0.6) is 5.75 Å². The molecule has 1 fully saturated rings. The number of aromatic amines is 1. The summed E-state index contributed by atoms with van der Waals surface area (Å²) in [6, 6.07) is 19.3. The number of rotatable bonds is 5. The predicted octanol–water partition coefficient (Wildman–Crippen LogP) is 4.76. The number of aromatic hydroxyl groups is 1. The molecular formula is C25H26N6O. The first-order valence-corrected chi connectivity index (χ1v) is 10.7. The summed E-state index contributed by atoms with van der Waals surface area (Å²) >= 11 is 0. The second kappa shape index (κ2) is 8.36. The molecule has 4 aromatic rings. The highest BCUT2D eigenvalue weighted by molar-refractivity contribution is 5.85. The summed E-state index contributed by atoms with van der Waals surface area (Å²) in [5, 5.41) is 12.8. The number of H-pyrrole nitrogens is 1. The molecule has 0 amide bonds. The number of anilines is 3. The van der Waals surface area contributed by atoms with Gasteiger partial charge in [0.15, 0.2) is 0 Å². The quantitative estimate of drug-likeness (QED) is 0.317. The van der Waals surface area contributed by atoms with E-state index in [1.54, 1.807) is 12.1 Å². The van der Waals surface area contributed by atoms with Crippen LogP contribution in [0.3, 0.4) is 0 Å². The van der Waals surface area contributed by atoms with Crippen LogP contribution in [0.1, 0.15) is 0 Å². The number of phenolic OH excluding ortho intramolecular Hbond substituents is 1. The molecule has 2 heterocycles. The number of benzene rings is 3. The minimum Gasteiger partial charge on any atom is -0.508 e. The molecule has 7 nitrogen and oxygen atoms in total. The summed E-state index contributed by atoms with van der Waals surface area (Å²) in [4.78, 5) is 17.2. The van der Waals surface area contributed by atoms with Crippen LogP contribution in [-0.2, 0) is 0 Å². The number of hydrogen-bond donors (Lipinski definition) is 3. The van der Waals surface area contributed by atoms with Gasteiger partial charge in [-0.3, -0.25) is 4.99 Å². The van der Waals surface area contributed by atoms with Gasteiger partial charge in [0.25, 0.3) is 0 Å². The molecule has 0 spiro atoms. The Labute approximate surface area is 187 Å². The van der Waals surface area contributed by atoms with E-state index in [0.717, 1.165) is 65.7 Å². The van der Waals surface area contributed by atoms with Crippen LogP contribution < -0.4 is 10.2 Å². The van der Waals surface area contributed by atoms with Crippen LogP contribution in [0.2, 0.25) is 0 Å². The van der Waals surface area contributed by atoms with Gasteiger partial charge in [-0.15, -0.1) is 0 Å². The number of imidazole rings is 1. The molecule has 1 aromatic heterocycles. The summed E-state index contributed by atoms with van der Waals surface area (Å²) in [6.45, 7) is 7.95. The van der Waals surface area contributed by atoms with Crippen molar-refractivity contribution in [1.82, 2.24) is 14.9 Å². The average Bonchev–Trinajstić information content (AvgIpc) is 3.25. The third kappa shape index (κ3) is 4.02. The highest BCUT2D eigenvalue weighted by atomic mass is 16.3. The lowest BCUT2D eigenvalue weighted by Crippen LogP contribution is -2.44. The molecule has 0 aliphatic carbocycles. The van der Waals surface area contributed by atoms with E-state index in [1.165, 1.54) is 5.69 Å². The molecule has 1 aliphatic heterocycles. The van der Waals surface area contributed by atoms with Gasteiger partial charge in [0.05, 0.1) is 22.4 Å². The molecule has 162 valence electrons. The topological polar surface area (TPSA) is 79.8 Å². The zero-order valence-corrected chi connectivity index (χ0v) is 18.0. The van der Waals surface area contributed by atoms with Gasteiger partial charge >= 0.3 is 0 Å². The second-order valence-corrected chi connectivity index (χ2v) is 8.14. The Hall–Kier alpha value is -3.84. The van der Waals surface area contributed by atoms with Gasteiger partial charge in [0.1, 0.15) is 11.6 Å². The number of likely N-dealkylation sites (N-methyl/N-ethyl adjacent to an activating group) is 1. The fourth-order valence-corrected chi connectivity index (χ4v) is 4.01. The number of aromatic nitrogens is 2. The lowest BCUT2D eigenvalue weighted by atomic mass is 10.1. The average molecular weight is 427 g/mol. The highest BCUT2D eigenvalue weighted by Crippen LogP contribution is 2.33. The predicted molar refractivity (Wildman–Crippen MR) is 132 cm³/mol. The van der Waals surface area contributed by atoms with Crippen LogP contribution in [-0.4, -0.2) is 59.9 Å². The van der Waals surface area contributed by atoms with Gasteiger partial charge in [-0.1, -0.05) is 0 Å². The first-order chi connectivity index (χ1) is 15.6. The maximum absolute atomic E-state index is 9.48. The fraction of sp³-hybridized carbons (Fsp3) is 0.200. The largest absolute Gasteiger partial charge is 0.508 e. The Morgan fingerprint density at radius 1 is 1.00 bits per heavy atom. The summed E-state index contributed by atoms with van der Waals surface area (Å²) in [5.41, 5.74) is 6.56. The number of phenols is 1. The number of fused-ring (bicyclic) bond motifs is 1. The van der Waals surface area contributed by atoms with E-state index in [9.17, 15) is 5.11 Å². The minimum absolute atomic E-state index is 0.230. The van der Waals surface area contributed by atoms with Crippen LogP contribution in [0.25, 0.3) is 22.4 Å². The summed E-state index contributed by atoms with van der Waals surface area (Å²) < 4.78 is 0. The third-order valence-electron chi connectivity index (χ3n) is 5.92. The molecule has 3 N–H and O–H groups in total. The highest BCUT2D eigenvalue weighted by Gasteiger charge is 2.16. The maximum Gasteiger partial charge on any atom is 0.138 e. The summed E-state index contributed by atoms with van der Waals surface area (Å²) in [6.07, 6.45) is 0. The van der Waals surface area contributed by atoms with E-state index in [2.05, 4.69) is 57.1 Å². The van der Waals surface area contributed by atoms with Crippen molar-refractivity contribution >= 4 is 40.5 Å². The molecule has 32 heavy (non-hydrogen) atoms. The normalized spacial score (nSPS) is 14.6. The number of nitrogens with zero attached hydrogens (tertiary/aromatic N) is 4. The molecule has 0 atom stereocenters. The van der Waals surface area contributed by atoms with Gasteiger partial charge in [-0.05, 0) is 74.4 Å². The number of piperazine rings is 1. The van der Waals surface area contributed by atoms with Crippen molar-refractivity contribution in [3.63, 3.8) is 0 Å². The fourth-order valence-electron chi connectivity index (χ4n) is 4.01. The van der Waals surface area contributed by atoms with Crippen molar-refractivity contribution in [3.8, 4) is 17.1 Å². The molecule has 5 rings (SSSR count). The van der Waals surface area contributed by atoms with Crippen molar-refractivity contribution in [2.45, 2.75) is 0 Å². The van der Waals surface area contributed by atoms with Crippen molar-refractivity contribution in [3.05, 3.63) is 60.7 Å². The Morgan fingerprint density at radius 2 is 1.78 bits per heavy atom. The molecular weight excluding hydrogens is 400 g/mol. The van der Waals surface area contributed by atoms with Gasteiger partial charge < -0.3 is 25.2 Å². The minimum atomic E-state index is 0.230. The zero-order chi connectivity index (χ0) is 22.1. The van der Waals surface area contributed by atoms with Gasteiger partial charge in [0.2, 0.25) is 0 Å². The van der Waals surface area contributed by atoms with E-state index in [-0.39, 0.29) is 5.75 Å². The maximum atomic E-state index is 9.48. The van der Waals surface area contributed by atoms with Crippen LogP contribution in [0.4, 0.5) is 22.7 Å². The van der Waals surface area contributed by atoms with Crippen molar-refractivity contribution in [2.24, 2.45) is 4.99 Å². The van der Waals surface area contributed by atoms with Gasteiger partial charge in [0, 0.05) is 43.1 Å². The van der Waals surface area contributed by atoms with E-state index in [0.29, 0.717) is 0 Å². The Kier molecular flexibility index (Phi) is 5.25. The van der Waals surface area contributed by atoms with E-state index >= 15 is 0 Å². The molecule has 1 aliphatic rings. The molecule has 0 unspecified atom stereocenters. The first-order valence-electron chi connectivity index (χ1n) is 10.7. The van der Waals surface area contributed by atoms with Crippen LogP contribution in [0, 0.1) is 0 Å². The van der Waals surface area contributed by atoms with Gasteiger partial charge in [-0.2, -0.15) is 0 Å². The molecule has 0 radical (unpaired) electrons. The first kappa shape index (κ1) is 20.1. The lowest BCUT2D eigenvalue weighted by molar-refractivity contribution is 0.313. The van der Waals surface area contributed by atoms with E-state index < -0.39 is 0 Å². The van der Waals surface area contributed by atoms with E-state index in [4.69, 9.17) is 4.98 Å². The smallest absolute Gasteiger partial charge is 0.138 e. The number of aliphatic imine (C=N–C) groups is 1. The molecule has 0 saturated carbocycles. The Morgan fingerprint density at radius 3 is 2.53 bits per heavy atom. The molecule has 3 aromatic carbocycles. The van der Waals surface area contributed by atoms with Crippen LogP contribution in [0.15, 0.2) is 65.7 Å². The number of nitrogens with one attached hydrogen (secondary N) is 2. The third-order valence-corrected chi connectivity index (χ3v) is 5.92. The van der Waals surface area contributed by atoms with Crippen molar-refractivity contribution < 1.29 is 5.11 Å². The summed E-state index contributed by atoms with van der Waals surface area (Å²) in [7, 11) is 2.17. The SMILES string of the molecule is C=Nc1cc(-c2nc3ccc(N4CCN(C)CC4)cc3[nH]2)ccc1Nc1ccc(O)cc1. The van der Waals surface area contributed by atoms with Crippen molar-refractivity contribution in [2.75, 3.05) is 43.4 Å². The van der Waals surface area contributed by atoms with Crippen molar-refractivity contribution in [1.29, 1.82) is 0 Å². The van der Waals surface area contributed by atoms with Gasteiger partial charge in [-0.25, -0.2) is 4.98 Å². The lowest BCUT2D eigenvalue weighted by Gasteiger charge is -2.34. The van der Waals surface area contributed by atoms with E-state index in [1.807, 2.05) is 30.3 Å². The Bertz CT molecular complexity index is 1260.